The molecule has 2 aliphatic heterocycles. The van der Waals surface area contributed by atoms with Gasteiger partial charge >= 0.3 is 6.03 Å². The van der Waals surface area contributed by atoms with Crippen LogP contribution in [-0.4, -0.2) is 62.4 Å². The molecule has 2 aromatic carbocycles. The van der Waals surface area contributed by atoms with Crippen LogP contribution in [0.5, 0.6) is 0 Å². The molecule has 2 N–H and O–H groups in total. The Kier molecular flexibility index (Phi) is 5.74. The first-order valence-electron chi connectivity index (χ1n) is 10.1. The molecule has 2 aliphatic rings. The van der Waals surface area contributed by atoms with Crippen molar-refractivity contribution >= 4 is 22.0 Å². The lowest BCUT2D eigenvalue weighted by molar-refractivity contribution is -0.910. The van der Waals surface area contributed by atoms with Crippen molar-refractivity contribution in [1.82, 2.24) is 14.5 Å². The number of imide groups is 1. The average molecular weight is 466 g/mol. The molecule has 4 rings (SSSR count). The highest BCUT2D eigenvalue weighted by molar-refractivity contribution is 7.89. The Bertz CT molecular complexity index is 1130. The zero-order chi connectivity index (χ0) is 23.1. The molecule has 2 aromatic rings. The number of carbonyl (C=O) groups excluding carboxylic acids is 2. The largest absolute Gasteiger partial charge is 0.329 e. The number of quaternary nitrogens is 1. The van der Waals surface area contributed by atoms with E-state index in [4.69, 9.17) is 0 Å². The molecule has 0 saturated carbocycles. The van der Waals surface area contributed by atoms with Crippen molar-refractivity contribution in [1.29, 1.82) is 0 Å². The summed E-state index contributed by atoms with van der Waals surface area (Å²) in [7, 11) is -4.34. The highest BCUT2D eigenvalue weighted by Crippen LogP contribution is 2.28. The van der Waals surface area contributed by atoms with Gasteiger partial charge in [0.2, 0.25) is 10.0 Å². The van der Waals surface area contributed by atoms with Crippen LogP contribution in [0.15, 0.2) is 53.4 Å². The Hall–Kier alpha value is -2.89. The minimum Gasteiger partial charge on any atom is -0.319 e. The molecule has 2 saturated heterocycles. The minimum atomic E-state index is -4.34. The van der Waals surface area contributed by atoms with E-state index in [9.17, 15) is 26.8 Å². The SMILES string of the molecule is C[C@@]1(c2ccccc2)NC(=O)N(C[NH+]2CCN(S(=O)(=O)c3c(F)cccc3F)CC2)C1=O. The Morgan fingerprint density at radius 2 is 1.59 bits per heavy atom. The van der Waals surface area contributed by atoms with Crippen molar-refractivity contribution in [3.8, 4) is 0 Å². The molecule has 170 valence electrons. The van der Waals surface area contributed by atoms with E-state index in [1.807, 2.05) is 6.07 Å². The van der Waals surface area contributed by atoms with Crippen LogP contribution in [0.1, 0.15) is 12.5 Å². The summed E-state index contributed by atoms with van der Waals surface area (Å²) in [6, 6.07) is 11.3. The van der Waals surface area contributed by atoms with Crippen molar-refractivity contribution in [2.24, 2.45) is 0 Å². The summed E-state index contributed by atoms with van der Waals surface area (Å²) in [5.41, 5.74) is -0.510. The van der Waals surface area contributed by atoms with Gasteiger partial charge in [0, 0.05) is 0 Å². The fourth-order valence-electron chi connectivity index (χ4n) is 4.09. The van der Waals surface area contributed by atoms with Crippen molar-refractivity contribution in [2.45, 2.75) is 17.4 Å². The maximum Gasteiger partial charge on any atom is 0.329 e. The van der Waals surface area contributed by atoms with Gasteiger partial charge in [-0.2, -0.15) is 4.31 Å². The summed E-state index contributed by atoms with van der Waals surface area (Å²) in [5, 5.41) is 2.74. The van der Waals surface area contributed by atoms with Gasteiger partial charge in [0.15, 0.2) is 11.6 Å². The second kappa shape index (κ2) is 8.23. The number of hydrogen-bond donors (Lipinski definition) is 2. The maximum atomic E-state index is 14.0. The summed E-state index contributed by atoms with van der Waals surface area (Å²) in [4.78, 5) is 26.5. The van der Waals surface area contributed by atoms with Gasteiger partial charge < -0.3 is 10.2 Å². The minimum absolute atomic E-state index is 0.00500. The Balaban J connectivity index is 1.43. The Morgan fingerprint density at radius 1 is 1.00 bits per heavy atom. The first kappa shape index (κ1) is 22.3. The third kappa shape index (κ3) is 3.76. The highest BCUT2D eigenvalue weighted by Gasteiger charge is 2.50. The number of nitrogens with zero attached hydrogens (tertiary/aromatic N) is 2. The number of halogens is 2. The average Bonchev–Trinajstić information content (AvgIpc) is 2.98. The van der Waals surface area contributed by atoms with Crippen LogP contribution in [-0.2, 0) is 20.4 Å². The van der Waals surface area contributed by atoms with Crippen LogP contribution in [0.25, 0.3) is 0 Å². The number of nitrogens with one attached hydrogen (secondary N) is 2. The number of carbonyl (C=O) groups is 2. The van der Waals surface area contributed by atoms with E-state index in [2.05, 4.69) is 5.32 Å². The van der Waals surface area contributed by atoms with Crippen LogP contribution in [0, 0.1) is 11.6 Å². The Morgan fingerprint density at radius 3 is 2.19 bits per heavy atom. The normalized spacial score (nSPS) is 22.9. The molecule has 2 heterocycles. The topological polar surface area (TPSA) is 91.2 Å². The van der Waals surface area contributed by atoms with Gasteiger partial charge in [-0.1, -0.05) is 36.4 Å². The third-order valence-corrected chi connectivity index (χ3v) is 7.91. The highest BCUT2D eigenvalue weighted by atomic mass is 32.2. The van der Waals surface area contributed by atoms with Crippen molar-refractivity contribution < 1.29 is 31.7 Å². The second-order valence-corrected chi connectivity index (χ2v) is 9.89. The van der Waals surface area contributed by atoms with E-state index in [1.54, 1.807) is 31.2 Å². The molecular formula is C21H23F2N4O4S+. The summed E-state index contributed by atoms with van der Waals surface area (Å²) in [6.07, 6.45) is 0. The van der Waals surface area contributed by atoms with E-state index >= 15 is 0 Å². The number of hydrogen-bond acceptors (Lipinski definition) is 4. The molecule has 2 fully saturated rings. The van der Waals surface area contributed by atoms with Crippen molar-refractivity contribution in [3.63, 3.8) is 0 Å². The lowest BCUT2D eigenvalue weighted by Crippen LogP contribution is -3.16. The van der Waals surface area contributed by atoms with E-state index < -0.39 is 38.1 Å². The van der Waals surface area contributed by atoms with Crippen molar-refractivity contribution in [2.75, 3.05) is 32.8 Å². The van der Waals surface area contributed by atoms with Crippen LogP contribution < -0.4 is 10.2 Å². The summed E-state index contributed by atoms with van der Waals surface area (Å²) in [5.74, 6) is -2.66. The van der Waals surface area contributed by atoms with Gasteiger partial charge in [0.1, 0.15) is 17.2 Å². The second-order valence-electron chi connectivity index (χ2n) is 8.02. The Labute approximate surface area is 184 Å². The van der Waals surface area contributed by atoms with E-state index in [0.717, 1.165) is 32.3 Å². The molecule has 0 aliphatic carbocycles. The van der Waals surface area contributed by atoms with Crippen LogP contribution in [0.3, 0.4) is 0 Å². The monoisotopic (exact) mass is 465 g/mol. The molecule has 11 heteroatoms. The zero-order valence-corrected chi connectivity index (χ0v) is 18.2. The number of rotatable bonds is 5. The fraction of sp³-hybridized carbons (Fsp3) is 0.333. The van der Waals surface area contributed by atoms with E-state index in [-0.39, 0.29) is 38.8 Å². The van der Waals surface area contributed by atoms with Crippen molar-refractivity contribution in [3.05, 3.63) is 65.7 Å². The standard InChI is InChI=1S/C21H22F2N4O4S/c1-21(15-6-3-2-4-7-15)19(28)27(20(29)24-21)14-25-10-12-26(13-11-25)32(30,31)18-16(22)8-5-9-17(18)23/h2-9H,10-14H2,1H3,(H,24,29)/p+1/t21-/m0/s1. The number of sulfonamides is 1. The summed E-state index contributed by atoms with van der Waals surface area (Å²) in [6.45, 7) is 2.26. The quantitative estimate of drug-likeness (QED) is 0.621. The first-order chi connectivity index (χ1) is 15.1. The smallest absolute Gasteiger partial charge is 0.319 e. The molecule has 0 bridgehead atoms. The number of benzene rings is 2. The fourth-order valence-corrected chi connectivity index (χ4v) is 5.64. The van der Waals surface area contributed by atoms with Crippen LogP contribution in [0.4, 0.5) is 13.6 Å². The van der Waals surface area contributed by atoms with Gasteiger partial charge in [-0.05, 0) is 24.6 Å². The van der Waals surface area contributed by atoms with Gasteiger partial charge in [0.25, 0.3) is 5.91 Å². The maximum absolute atomic E-state index is 14.0. The predicted octanol–water partition coefficient (Wildman–Crippen LogP) is 0.279. The predicted molar refractivity (Wildman–Crippen MR) is 110 cm³/mol. The van der Waals surface area contributed by atoms with Crippen LogP contribution >= 0.6 is 0 Å². The molecule has 8 nitrogen and oxygen atoms in total. The summed E-state index contributed by atoms with van der Waals surface area (Å²) >= 11 is 0. The number of piperazine rings is 1. The lowest BCUT2D eigenvalue weighted by atomic mass is 9.92. The van der Waals surface area contributed by atoms with Gasteiger partial charge in [-0.15, -0.1) is 0 Å². The molecule has 3 amide bonds. The summed E-state index contributed by atoms with van der Waals surface area (Å²) < 4.78 is 54.5. The molecule has 0 radical (unpaired) electrons. The van der Waals surface area contributed by atoms with E-state index in [1.165, 1.54) is 0 Å². The first-order valence-corrected chi connectivity index (χ1v) is 11.6. The number of amides is 3. The van der Waals surface area contributed by atoms with Gasteiger partial charge in [-0.25, -0.2) is 26.9 Å². The van der Waals surface area contributed by atoms with Gasteiger partial charge in [-0.3, -0.25) is 4.79 Å². The molecule has 0 spiro atoms. The van der Waals surface area contributed by atoms with Crippen LogP contribution in [0.2, 0.25) is 0 Å². The van der Waals surface area contributed by atoms with E-state index in [0.29, 0.717) is 5.56 Å². The van der Waals surface area contributed by atoms with Gasteiger partial charge in [0.05, 0.1) is 26.2 Å². The third-order valence-electron chi connectivity index (χ3n) is 5.95. The lowest BCUT2D eigenvalue weighted by Gasteiger charge is -2.33. The molecule has 32 heavy (non-hydrogen) atoms. The number of urea groups is 1. The zero-order valence-electron chi connectivity index (χ0n) is 17.3. The molecule has 1 atom stereocenters. The molecule has 0 aromatic heterocycles. The molecule has 0 unspecified atom stereocenters. The molecular weight excluding hydrogens is 442 g/mol.